The Balaban J connectivity index is 2.54. The predicted octanol–water partition coefficient (Wildman–Crippen LogP) is 0.452. The second-order valence-electron chi connectivity index (χ2n) is 4.09. The fraction of sp³-hybridized carbons (Fsp3) is 0.818. The number of carboxylic acid groups (broad SMARTS) is 1. The average molecular weight is 228 g/mol. The van der Waals surface area contributed by atoms with Gasteiger partial charge in [0.05, 0.1) is 12.5 Å². The summed E-state index contributed by atoms with van der Waals surface area (Å²) in [4.78, 5) is 24.5. The molecule has 1 atom stereocenters. The molecule has 1 heterocycles. The minimum Gasteiger partial charge on any atom is -0.481 e. The molecule has 0 spiro atoms. The van der Waals surface area contributed by atoms with Crippen molar-refractivity contribution in [2.24, 2.45) is 0 Å². The largest absolute Gasteiger partial charge is 0.481 e. The van der Waals surface area contributed by atoms with Gasteiger partial charge in [-0.3, -0.25) is 9.59 Å². The van der Waals surface area contributed by atoms with Gasteiger partial charge in [0, 0.05) is 13.1 Å². The molecule has 1 rings (SSSR count). The number of piperidine rings is 1. The van der Waals surface area contributed by atoms with Crippen molar-refractivity contribution in [1.29, 1.82) is 0 Å². The topological polar surface area (TPSA) is 69.6 Å². The number of likely N-dealkylation sites (N-methyl/N-ethyl adjacent to an activating group) is 1. The van der Waals surface area contributed by atoms with Gasteiger partial charge in [-0.2, -0.15) is 0 Å². The molecule has 0 unspecified atom stereocenters. The van der Waals surface area contributed by atoms with Crippen LogP contribution in [0.3, 0.4) is 0 Å². The molecule has 92 valence electrons. The second kappa shape index (κ2) is 6.48. The van der Waals surface area contributed by atoms with Crippen molar-refractivity contribution in [1.82, 2.24) is 10.2 Å². The number of hydrogen-bond donors (Lipinski definition) is 2. The van der Waals surface area contributed by atoms with E-state index in [1.165, 1.54) is 0 Å². The van der Waals surface area contributed by atoms with E-state index in [1.54, 1.807) is 4.90 Å². The normalized spacial score (nSPS) is 18.2. The van der Waals surface area contributed by atoms with Crippen molar-refractivity contribution in [2.45, 2.75) is 38.6 Å². The Morgan fingerprint density at radius 3 is 2.44 bits per heavy atom. The van der Waals surface area contributed by atoms with Crippen LogP contribution in [-0.4, -0.2) is 47.6 Å². The molecule has 1 saturated heterocycles. The highest BCUT2D eigenvalue weighted by Gasteiger charge is 2.26. The van der Waals surface area contributed by atoms with Gasteiger partial charge in [-0.05, 0) is 25.8 Å². The molecular formula is C11H20N2O3. The molecule has 0 bridgehead atoms. The van der Waals surface area contributed by atoms with E-state index >= 15 is 0 Å². The van der Waals surface area contributed by atoms with Crippen molar-refractivity contribution < 1.29 is 14.7 Å². The Morgan fingerprint density at radius 2 is 1.94 bits per heavy atom. The van der Waals surface area contributed by atoms with Crippen LogP contribution in [0, 0.1) is 0 Å². The predicted molar refractivity (Wildman–Crippen MR) is 60.1 cm³/mol. The summed E-state index contributed by atoms with van der Waals surface area (Å²) in [5.74, 6) is -1.000. The lowest BCUT2D eigenvalue weighted by Crippen LogP contribution is -2.49. The van der Waals surface area contributed by atoms with E-state index < -0.39 is 12.0 Å². The molecule has 1 aliphatic rings. The van der Waals surface area contributed by atoms with Gasteiger partial charge in [0.15, 0.2) is 0 Å². The summed E-state index contributed by atoms with van der Waals surface area (Å²) in [6.45, 7) is 4.01. The average Bonchev–Trinajstić information content (AvgIpc) is 2.28. The van der Waals surface area contributed by atoms with Crippen LogP contribution in [0.15, 0.2) is 0 Å². The van der Waals surface area contributed by atoms with Crippen LogP contribution < -0.4 is 5.32 Å². The van der Waals surface area contributed by atoms with E-state index in [9.17, 15) is 9.59 Å². The van der Waals surface area contributed by atoms with E-state index in [-0.39, 0.29) is 12.3 Å². The molecule has 0 aromatic carbocycles. The molecule has 5 heteroatoms. The zero-order chi connectivity index (χ0) is 12.0. The third kappa shape index (κ3) is 3.81. The number of hydrogen-bond acceptors (Lipinski definition) is 3. The molecule has 5 nitrogen and oxygen atoms in total. The van der Waals surface area contributed by atoms with Crippen LogP contribution in [0.25, 0.3) is 0 Å². The number of carbonyl (C=O) groups is 2. The third-order valence-corrected chi connectivity index (χ3v) is 2.80. The number of amides is 1. The zero-order valence-corrected chi connectivity index (χ0v) is 9.74. The molecule has 1 aliphatic heterocycles. The molecular weight excluding hydrogens is 208 g/mol. The Kier molecular flexibility index (Phi) is 5.25. The van der Waals surface area contributed by atoms with E-state index in [0.717, 1.165) is 32.4 Å². The number of nitrogens with zero attached hydrogens (tertiary/aromatic N) is 1. The van der Waals surface area contributed by atoms with Crippen molar-refractivity contribution in [3.8, 4) is 0 Å². The fourth-order valence-corrected chi connectivity index (χ4v) is 2.00. The molecule has 0 saturated carbocycles. The highest BCUT2D eigenvalue weighted by molar-refractivity contribution is 5.86. The van der Waals surface area contributed by atoms with Gasteiger partial charge in [-0.25, -0.2) is 0 Å². The van der Waals surface area contributed by atoms with Crippen molar-refractivity contribution in [2.75, 3.05) is 19.6 Å². The molecule has 16 heavy (non-hydrogen) atoms. The van der Waals surface area contributed by atoms with Gasteiger partial charge < -0.3 is 15.3 Å². The van der Waals surface area contributed by atoms with E-state index in [0.29, 0.717) is 6.54 Å². The zero-order valence-electron chi connectivity index (χ0n) is 9.74. The summed E-state index contributed by atoms with van der Waals surface area (Å²) >= 11 is 0. The van der Waals surface area contributed by atoms with Crippen LogP contribution in [0.1, 0.15) is 32.6 Å². The van der Waals surface area contributed by atoms with Crippen molar-refractivity contribution in [3.05, 3.63) is 0 Å². The van der Waals surface area contributed by atoms with E-state index in [1.807, 2.05) is 6.92 Å². The van der Waals surface area contributed by atoms with Gasteiger partial charge in [0.2, 0.25) is 5.91 Å². The first kappa shape index (κ1) is 13.0. The Hall–Kier alpha value is -1.10. The SMILES string of the molecule is CCN[C@@H](CC(=O)O)C(=O)N1CCCCC1. The summed E-state index contributed by atoms with van der Waals surface area (Å²) in [5, 5.41) is 11.7. The molecule has 0 aliphatic carbocycles. The van der Waals surface area contributed by atoms with Crippen LogP contribution >= 0.6 is 0 Å². The smallest absolute Gasteiger partial charge is 0.305 e. The summed E-state index contributed by atoms with van der Waals surface area (Å²) in [5.41, 5.74) is 0. The first-order chi connectivity index (χ1) is 7.65. The maximum atomic E-state index is 12.0. The lowest BCUT2D eigenvalue weighted by atomic mass is 10.1. The maximum Gasteiger partial charge on any atom is 0.305 e. The van der Waals surface area contributed by atoms with Crippen LogP contribution in [0.5, 0.6) is 0 Å². The monoisotopic (exact) mass is 228 g/mol. The maximum absolute atomic E-state index is 12.0. The standard InChI is InChI=1S/C11H20N2O3/c1-2-12-9(8-10(14)15)11(16)13-6-4-3-5-7-13/h9,12H,2-8H2,1H3,(H,14,15)/t9-/m0/s1. The lowest BCUT2D eigenvalue weighted by Gasteiger charge is -2.30. The molecule has 1 amide bonds. The Morgan fingerprint density at radius 1 is 1.31 bits per heavy atom. The van der Waals surface area contributed by atoms with Gasteiger partial charge in [-0.1, -0.05) is 6.92 Å². The van der Waals surface area contributed by atoms with Gasteiger partial charge in [0.1, 0.15) is 0 Å². The molecule has 0 aromatic rings. The Labute approximate surface area is 95.8 Å². The van der Waals surface area contributed by atoms with Crippen LogP contribution in [0.2, 0.25) is 0 Å². The number of carboxylic acids is 1. The Bertz CT molecular complexity index is 250. The molecule has 1 fully saturated rings. The summed E-state index contributed by atoms with van der Waals surface area (Å²) in [6.07, 6.45) is 3.08. The van der Waals surface area contributed by atoms with Gasteiger partial charge >= 0.3 is 5.97 Å². The van der Waals surface area contributed by atoms with E-state index in [2.05, 4.69) is 5.32 Å². The molecule has 0 aromatic heterocycles. The number of rotatable bonds is 5. The lowest BCUT2D eigenvalue weighted by molar-refractivity contribution is -0.143. The van der Waals surface area contributed by atoms with Gasteiger partial charge in [-0.15, -0.1) is 0 Å². The molecule has 2 N–H and O–H groups in total. The summed E-state index contributed by atoms with van der Waals surface area (Å²) in [7, 11) is 0. The van der Waals surface area contributed by atoms with Gasteiger partial charge in [0.25, 0.3) is 0 Å². The van der Waals surface area contributed by atoms with E-state index in [4.69, 9.17) is 5.11 Å². The van der Waals surface area contributed by atoms with Crippen LogP contribution in [0.4, 0.5) is 0 Å². The fourth-order valence-electron chi connectivity index (χ4n) is 2.00. The highest BCUT2D eigenvalue weighted by Crippen LogP contribution is 2.11. The molecule has 0 radical (unpaired) electrons. The first-order valence-electron chi connectivity index (χ1n) is 5.89. The van der Waals surface area contributed by atoms with Crippen molar-refractivity contribution >= 4 is 11.9 Å². The third-order valence-electron chi connectivity index (χ3n) is 2.80. The number of carbonyl (C=O) groups excluding carboxylic acids is 1. The van der Waals surface area contributed by atoms with Crippen LogP contribution in [-0.2, 0) is 9.59 Å². The number of likely N-dealkylation sites (tertiary alicyclic amines) is 1. The highest BCUT2D eigenvalue weighted by atomic mass is 16.4. The van der Waals surface area contributed by atoms with Crippen molar-refractivity contribution in [3.63, 3.8) is 0 Å². The minimum atomic E-state index is -0.934. The minimum absolute atomic E-state index is 0.0658. The summed E-state index contributed by atoms with van der Waals surface area (Å²) in [6, 6.07) is -0.569. The second-order valence-corrected chi connectivity index (χ2v) is 4.09. The quantitative estimate of drug-likeness (QED) is 0.717. The first-order valence-corrected chi connectivity index (χ1v) is 5.89. The number of aliphatic carboxylic acids is 1. The summed E-state index contributed by atoms with van der Waals surface area (Å²) < 4.78 is 0. The number of nitrogens with one attached hydrogen (secondary N) is 1.